The summed E-state index contributed by atoms with van der Waals surface area (Å²) in [6.07, 6.45) is 1.54. The largest absolute Gasteiger partial charge is 0.374 e. The van der Waals surface area contributed by atoms with Crippen LogP contribution in [0.3, 0.4) is 0 Å². The van der Waals surface area contributed by atoms with Gasteiger partial charge in [0.1, 0.15) is 0 Å². The smallest absolute Gasteiger partial charge is 0.277 e. The molecule has 25 heavy (non-hydrogen) atoms. The Hall–Kier alpha value is -2.80. The molecule has 7 nitrogen and oxygen atoms in total. The van der Waals surface area contributed by atoms with Gasteiger partial charge >= 0.3 is 0 Å². The molecule has 2 aromatic carbocycles. The summed E-state index contributed by atoms with van der Waals surface area (Å²) in [5, 5.41) is 12.2. The molecule has 2 aliphatic rings. The molecule has 2 heterocycles. The van der Waals surface area contributed by atoms with Gasteiger partial charge in [-0.3, -0.25) is 19.7 Å². The molecule has 2 fully saturated rings. The Labute approximate surface area is 143 Å². The van der Waals surface area contributed by atoms with E-state index in [9.17, 15) is 19.7 Å². The van der Waals surface area contributed by atoms with Gasteiger partial charge < -0.3 is 4.74 Å². The molecule has 2 atom stereocenters. The standard InChI is InChI=1S/C18H16N2O5/c21-17-9-11-5-6-12(25-11)10-18(22)19(17)15-7-8-16(20(23)24)14-4-2-1-3-13(14)15/h1-4,7-8,11-12H,5-6,9-10H2. The highest BCUT2D eigenvalue weighted by molar-refractivity contribution is 6.20. The first-order valence-electron chi connectivity index (χ1n) is 8.22. The number of ether oxygens (including phenoxy) is 1. The van der Waals surface area contributed by atoms with E-state index in [1.54, 1.807) is 24.3 Å². The second-order valence-electron chi connectivity index (χ2n) is 6.40. The van der Waals surface area contributed by atoms with Crippen LogP contribution in [0, 0.1) is 10.1 Å². The molecular formula is C18H16N2O5. The third-order valence-corrected chi connectivity index (χ3v) is 4.81. The fourth-order valence-corrected chi connectivity index (χ4v) is 3.68. The molecule has 0 aromatic heterocycles. The highest BCUT2D eigenvalue weighted by Crippen LogP contribution is 2.36. The molecule has 0 aliphatic carbocycles. The number of benzene rings is 2. The lowest BCUT2D eigenvalue weighted by Crippen LogP contribution is -2.42. The highest BCUT2D eigenvalue weighted by Gasteiger charge is 2.37. The first-order valence-corrected chi connectivity index (χ1v) is 8.22. The number of hydrogen-bond acceptors (Lipinski definition) is 5. The fraction of sp³-hybridized carbons (Fsp3) is 0.333. The van der Waals surface area contributed by atoms with Gasteiger partial charge in [-0.2, -0.15) is 0 Å². The van der Waals surface area contributed by atoms with Crippen LogP contribution in [0.25, 0.3) is 10.8 Å². The number of amides is 2. The Kier molecular flexibility index (Phi) is 3.73. The Bertz CT molecular complexity index is 870. The number of nitrogens with zero attached hydrogens (tertiary/aromatic N) is 2. The van der Waals surface area contributed by atoms with Gasteiger partial charge in [0.05, 0.1) is 41.0 Å². The van der Waals surface area contributed by atoms with E-state index in [0.717, 1.165) is 12.8 Å². The maximum atomic E-state index is 12.7. The minimum absolute atomic E-state index is 0.0466. The molecule has 2 aliphatic heterocycles. The SMILES string of the molecule is O=C1CC2CCC(CC(=O)N1c1ccc([N+](=O)[O-])c3ccccc13)O2. The van der Waals surface area contributed by atoms with Crippen LogP contribution in [-0.2, 0) is 14.3 Å². The number of anilines is 1. The number of hydrogen-bond donors (Lipinski definition) is 0. The zero-order valence-electron chi connectivity index (χ0n) is 13.4. The molecule has 0 saturated carbocycles. The van der Waals surface area contributed by atoms with Crippen LogP contribution in [0.5, 0.6) is 0 Å². The zero-order valence-corrected chi connectivity index (χ0v) is 13.4. The van der Waals surface area contributed by atoms with Gasteiger partial charge in [-0.1, -0.05) is 18.2 Å². The molecule has 128 valence electrons. The fourth-order valence-electron chi connectivity index (χ4n) is 3.68. The zero-order chi connectivity index (χ0) is 17.6. The van der Waals surface area contributed by atoms with Crippen molar-refractivity contribution in [2.24, 2.45) is 0 Å². The van der Waals surface area contributed by atoms with Crippen LogP contribution in [0.1, 0.15) is 25.7 Å². The Balaban J connectivity index is 1.85. The number of fused-ring (bicyclic) bond motifs is 3. The number of rotatable bonds is 2. The predicted molar refractivity (Wildman–Crippen MR) is 90.2 cm³/mol. The van der Waals surface area contributed by atoms with Crippen molar-refractivity contribution >= 4 is 34.0 Å². The van der Waals surface area contributed by atoms with E-state index in [-0.39, 0.29) is 42.6 Å². The van der Waals surface area contributed by atoms with Crippen molar-refractivity contribution in [1.29, 1.82) is 0 Å². The quantitative estimate of drug-likeness (QED) is 0.476. The summed E-state index contributed by atoms with van der Waals surface area (Å²) in [6.45, 7) is 0. The molecule has 7 heteroatoms. The van der Waals surface area contributed by atoms with E-state index in [1.807, 2.05) is 0 Å². The Morgan fingerprint density at radius 1 is 0.960 bits per heavy atom. The number of non-ortho nitro benzene ring substituents is 1. The van der Waals surface area contributed by atoms with Gasteiger partial charge in [0.2, 0.25) is 11.8 Å². The molecule has 0 spiro atoms. The van der Waals surface area contributed by atoms with E-state index in [2.05, 4.69) is 0 Å². The summed E-state index contributed by atoms with van der Waals surface area (Å²) in [7, 11) is 0. The van der Waals surface area contributed by atoms with Crippen LogP contribution in [0.4, 0.5) is 11.4 Å². The Morgan fingerprint density at radius 3 is 2.16 bits per heavy atom. The molecule has 2 unspecified atom stereocenters. The van der Waals surface area contributed by atoms with Crippen molar-refractivity contribution < 1.29 is 19.2 Å². The van der Waals surface area contributed by atoms with E-state index < -0.39 is 4.92 Å². The molecular weight excluding hydrogens is 324 g/mol. The number of imide groups is 1. The Morgan fingerprint density at radius 2 is 1.56 bits per heavy atom. The molecule has 0 radical (unpaired) electrons. The van der Waals surface area contributed by atoms with E-state index >= 15 is 0 Å². The van der Waals surface area contributed by atoms with Crippen molar-refractivity contribution in [2.45, 2.75) is 37.9 Å². The molecule has 2 bridgehead atoms. The topological polar surface area (TPSA) is 89.8 Å². The minimum atomic E-state index is -0.461. The number of nitro groups is 1. The average molecular weight is 340 g/mol. The second kappa shape index (κ2) is 5.93. The summed E-state index contributed by atoms with van der Waals surface area (Å²) >= 11 is 0. The summed E-state index contributed by atoms with van der Waals surface area (Å²) in [5.41, 5.74) is 0.354. The van der Waals surface area contributed by atoms with Crippen LogP contribution in [0.2, 0.25) is 0 Å². The van der Waals surface area contributed by atoms with Crippen LogP contribution >= 0.6 is 0 Å². The van der Waals surface area contributed by atoms with E-state index in [0.29, 0.717) is 16.5 Å². The number of carbonyl (C=O) groups excluding carboxylic acids is 2. The van der Waals surface area contributed by atoms with Crippen molar-refractivity contribution in [3.05, 3.63) is 46.5 Å². The van der Waals surface area contributed by atoms with Crippen LogP contribution < -0.4 is 4.90 Å². The van der Waals surface area contributed by atoms with Crippen molar-refractivity contribution in [1.82, 2.24) is 0 Å². The molecule has 0 N–H and O–H groups in total. The molecule has 4 rings (SSSR count). The van der Waals surface area contributed by atoms with Crippen LogP contribution in [-0.4, -0.2) is 28.9 Å². The summed E-state index contributed by atoms with van der Waals surface area (Å²) in [4.78, 5) is 37.4. The van der Waals surface area contributed by atoms with Crippen molar-refractivity contribution in [3.8, 4) is 0 Å². The van der Waals surface area contributed by atoms with Crippen molar-refractivity contribution in [3.63, 3.8) is 0 Å². The number of carbonyl (C=O) groups is 2. The normalized spacial score (nSPS) is 23.6. The van der Waals surface area contributed by atoms with Gasteiger partial charge in [0.15, 0.2) is 0 Å². The summed E-state index contributed by atoms with van der Waals surface area (Å²) in [5.74, 6) is -0.649. The monoisotopic (exact) mass is 340 g/mol. The lowest BCUT2D eigenvalue weighted by atomic mass is 10.0. The lowest BCUT2D eigenvalue weighted by molar-refractivity contribution is -0.383. The minimum Gasteiger partial charge on any atom is -0.374 e. The average Bonchev–Trinajstić information content (AvgIpc) is 3.02. The van der Waals surface area contributed by atoms with E-state index in [4.69, 9.17) is 4.74 Å². The number of nitro benzene ring substituents is 1. The lowest BCUT2D eigenvalue weighted by Gasteiger charge is -2.27. The van der Waals surface area contributed by atoms with Gasteiger partial charge in [-0.05, 0) is 25.0 Å². The van der Waals surface area contributed by atoms with E-state index in [1.165, 1.54) is 17.0 Å². The van der Waals surface area contributed by atoms with Gasteiger partial charge in [-0.15, -0.1) is 0 Å². The molecule has 2 aromatic rings. The van der Waals surface area contributed by atoms with Crippen molar-refractivity contribution in [2.75, 3.05) is 4.90 Å². The first-order chi connectivity index (χ1) is 12.0. The molecule has 2 saturated heterocycles. The summed E-state index contributed by atoms with van der Waals surface area (Å²) in [6, 6.07) is 9.60. The second-order valence-corrected chi connectivity index (χ2v) is 6.40. The highest BCUT2D eigenvalue weighted by atomic mass is 16.6. The first kappa shape index (κ1) is 15.7. The van der Waals surface area contributed by atoms with Gasteiger partial charge in [-0.25, -0.2) is 4.90 Å². The summed E-state index contributed by atoms with van der Waals surface area (Å²) < 4.78 is 5.71. The predicted octanol–water partition coefficient (Wildman–Crippen LogP) is 2.95. The molecule has 2 amide bonds. The third-order valence-electron chi connectivity index (χ3n) is 4.81. The van der Waals surface area contributed by atoms with Gasteiger partial charge in [0.25, 0.3) is 5.69 Å². The third kappa shape index (κ3) is 2.66. The van der Waals surface area contributed by atoms with Gasteiger partial charge in [0, 0.05) is 11.5 Å². The maximum absolute atomic E-state index is 12.7. The van der Waals surface area contributed by atoms with Crippen LogP contribution in [0.15, 0.2) is 36.4 Å². The maximum Gasteiger partial charge on any atom is 0.277 e.